The molecule has 0 aromatic carbocycles. The quantitative estimate of drug-likeness (QED) is 0.210. The van der Waals surface area contributed by atoms with Gasteiger partial charge in [-0.15, -0.1) is 0 Å². The van der Waals surface area contributed by atoms with Crippen molar-refractivity contribution in [2.45, 2.75) is 109 Å². The van der Waals surface area contributed by atoms with Crippen LogP contribution in [-0.4, -0.2) is 57.1 Å². The fourth-order valence-electron chi connectivity index (χ4n) is 2.41. The molecule has 5 heteroatoms. The van der Waals surface area contributed by atoms with E-state index in [1.54, 1.807) is 0 Å². The van der Waals surface area contributed by atoms with Gasteiger partial charge in [-0.3, -0.25) is 0 Å². The SMILES string of the molecule is CCCCCCC(O)C/C=C/CC(O)CCCCCC.OCC(O)CO. The van der Waals surface area contributed by atoms with Gasteiger partial charge in [-0.2, -0.15) is 0 Å². The summed E-state index contributed by atoms with van der Waals surface area (Å²) in [4.78, 5) is 0. The lowest BCUT2D eigenvalue weighted by atomic mass is 10.0. The van der Waals surface area contributed by atoms with Crippen molar-refractivity contribution in [2.75, 3.05) is 13.2 Å². The van der Waals surface area contributed by atoms with Crippen molar-refractivity contribution >= 4 is 0 Å². The zero-order valence-electron chi connectivity index (χ0n) is 17.0. The number of unbranched alkanes of at least 4 members (excludes halogenated alkanes) is 6. The minimum absolute atomic E-state index is 0.204. The van der Waals surface area contributed by atoms with E-state index in [-0.39, 0.29) is 25.4 Å². The van der Waals surface area contributed by atoms with Crippen molar-refractivity contribution in [1.29, 1.82) is 0 Å². The minimum Gasteiger partial charge on any atom is -0.394 e. The Labute approximate surface area is 160 Å². The van der Waals surface area contributed by atoms with E-state index >= 15 is 0 Å². The molecule has 0 fully saturated rings. The Morgan fingerprint density at radius 3 is 1.23 bits per heavy atom. The van der Waals surface area contributed by atoms with Crippen LogP contribution in [0.3, 0.4) is 0 Å². The molecule has 2 unspecified atom stereocenters. The summed E-state index contributed by atoms with van der Waals surface area (Å²) >= 11 is 0. The second-order valence-corrected chi connectivity index (χ2v) is 6.97. The molecule has 0 aromatic rings. The van der Waals surface area contributed by atoms with E-state index in [4.69, 9.17) is 15.3 Å². The largest absolute Gasteiger partial charge is 0.394 e. The first-order valence-corrected chi connectivity index (χ1v) is 10.4. The monoisotopic (exact) mass is 376 g/mol. The fourth-order valence-corrected chi connectivity index (χ4v) is 2.41. The summed E-state index contributed by atoms with van der Waals surface area (Å²) in [5.74, 6) is 0. The molecule has 0 rings (SSSR count). The molecule has 0 aromatic heterocycles. The van der Waals surface area contributed by atoms with Crippen LogP contribution in [0.15, 0.2) is 12.2 Å². The van der Waals surface area contributed by atoms with Gasteiger partial charge in [0.2, 0.25) is 0 Å². The van der Waals surface area contributed by atoms with Crippen LogP contribution < -0.4 is 0 Å². The molecule has 0 radical (unpaired) electrons. The van der Waals surface area contributed by atoms with Gasteiger partial charge in [0.1, 0.15) is 6.10 Å². The lowest BCUT2D eigenvalue weighted by molar-refractivity contribution is 0.0450. The van der Waals surface area contributed by atoms with Gasteiger partial charge in [0.25, 0.3) is 0 Å². The van der Waals surface area contributed by atoms with Crippen LogP contribution >= 0.6 is 0 Å². The van der Waals surface area contributed by atoms with Gasteiger partial charge >= 0.3 is 0 Å². The first-order valence-electron chi connectivity index (χ1n) is 10.4. The Hall–Kier alpha value is -0.460. The van der Waals surface area contributed by atoms with Crippen molar-refractivity contribution in [3.63, 3.8) is 0 Å². The Balaban J connectivity index is 0. The highest BCUT2D eigenvalue weighted by molar-refractivity contribution is 4.86. The summed E-state index contributed by atoms with van der Waals surface area (Å²) in [5, 5.41) is 43.6. The Kier molecular flexibility index (Phi) is 24.1. The third kappa shape index (κ3) is 23.5. The van der Waals surface area contributed by atoms with E-state index in [1.807, 2.05) is 12.2 Å². The van der Waals surface area contributed by atoms with Gasteiger partial charge in [-0.05, 0) is 25.7 Å². The molecule has 0 aliphatic carbocycles. The van der Waals surface area contributed by atoms with Gasteiger partial charge in [0.15, 0.2) is 0 Å². The molecular weight excluding hydrogens is 332 g/mol. The van der Waals surface area contributed by atoms with Gasteiger partial charge in [-0.1, -0.05) is 77.4 Å². The first kappa shape index (κ1) is 27.8. The van der Waals surface area contributed by atoms with Crippen LogP contribution in [0, 0.1) is 0 Å². The average Bonchev–Trinajstić information content (AvgIpc) is 2.65. The standard InChI is InChI=1S/C18H36O2.C3H8O3/c1-3-5-7-9-13-17(19)15-11-12-16-18(20)14-10-8-6-4-2;4-1-3(6)2-5/h11-12,17-20H,3-10,13-16H2,1-2H3;3-6H,1-2H2/b12-11+;. The van der Waals surface area contributed by atoms with Crippen molar-refractivity contribution in [3.05, 3.63) is 12.2 Å². The summed E-state index contributed by atoms with van der Waals surface area (Å²) in [6.07, 6.45) is 15.7. The summed E-state index contributed by atoms with van der Waals surface area (Å²) in [6, 6.07) is 0. The molecule has 0 saturated carbocycles. The fraction of sp³-hybridized carbons (Fsp3) is 0.905. The molecule has 0 heterocycles. The second kappa shape index (κ2) is 22.6. The normalized spacial score (nSPS) is 13.7. The molecule has 158 valence electrons. The van der Waals surface area contributed by atoms with Gasteiger partial charge in [0.05, 0.1) is 25.4 Å². The minimum atomic E-state index is -0.954. The van der Waals surface area contributed by atoms with E-state index in [0.717, 1.165) is 38.5 Å². The van der Waals surface area contributed by atoms with Crippen molar-refractivity contribution in [2.24, 2.45) is 0 Å². The van der Waals surface area contributed by atoms with Crippen molar-refractivity contribution < 1.29 is 25.5 Å². The van der Waals surface area contributed by atoms with Crippen LogP contribution in [0.2, 0.25) is 0 Å². The van der Waals surface area contributed by atoms with Crippen molar-refractivity contribution in [1.82, 2.24) is 0 Å². The van der Waals surface area contributed by atoms with E-state index in [1.165, 1.54) is 38.5 Å². The number of aliphatic hydroxyl groups is 5. The molecule has 0 bridgehead atoms. The van der Waals surface area contributed by atoms with Crippen LogP contribution in [0.4, 0.5) is 0 Å². The topological polar surface area (TPSA) is 101 Å². The van der Waals surface area contributed by atoms with E-state index < -0.39 is 6.10 Å². The molecular formula is C21H44O5. The molecule has 5 nitrogen and oxygen atoms in total. The highest BCUT2D eigenvalue weighted by atomic mass is 16.3. The Morgan fingerprint density at radius 1 is 0.577 bits per heavy atom. The highest BCUT2D eigenvalue weighted by Gasteiger charge is 2.03. The molecule has 2 atom stereocenters. The number of hydrogen-bond acceptors (Lipinski definition) is 5. The summed E-state index contributed by atoms with van der Waals surface area (Å²) in [7, 11) is 0. The van der Waals surface area contributed by atoms with E-state index in [0.29, 0.717) is 0 Å². The smallest absolute Gasteiger partial charge is 0.100 e. The van der Waals surface area contributed by atoms with Crippen LogP contribution in [-0.2, 0) is 0 Å². The number of aliphatic hydroxyl groups excluding tert-OH is 5. The number of hydrogen-bond donors (Lipinski definition) is 5. The van der Waals surface area contributed by atoms with E-state index in [2.05, 4.69) is 13.8 Å². The van der Waals surface area contributed by atoms with Crippen LogP contribution in [0.25, 0.3) is 0 Å². The zero-order valence-corrected chi connectivity index (χ0v) is 17.0. The van der Waals surface area contributed by atoms with Gasteiger partial charge < -0.3 is 25.5 Å². The Bertz CT molecular complexity index is 258. The summed E-state index contributed by atoms with van der Waals surface area (Å²) in [5.41, 5.74) is 0. The summed E-state index contributed by atoms with van der Waals surface area (Å²) in [6.45, 7) is 3.67. The lowest BCUT2D eigenvalue weighted by Gasteiger charge is -2.08. The number of rotatable bonds is 16. The average molecular weight is 377 g/mol. The predicted octanol–water partition coefficient (Wildman–Crippen LogP) is 3.32. The molecule has 0 spiro atoms. The first-order chi connectivity index (χ1) is 12.5. The maximum Gasteiger partial charge on any atom is 0.100 e. The molecule has 0 aliphatic rings. The Morgan fingerprint density at radius 2 is 0.962 bits per heavy atom. The van der Waals surface area contributed by atoms with E-state index in [9.17, 15) is 10.2 Å². The molecule has 0 saturated heterocycles. The molecule has 26 heavy (non-hydrogen) atoms. The maximum atomic E-state index is 9.80. The second-order valence-electron chi connectivity index (χ2n) is 6.97. The maximum absolute atomic E-state index is 9.80. The van der Waals surface area contributed by atoms with Crippen LogP contribution in [0.5, 0.6) is 0 Å². The molecule has 5 N–H and O–H groups in total. The third-order valence-electron chi connectivity index (χ3n) is 4.19. The molecule has 0 amide bonds. The van der Waals surface area contributed by atoms with Crippen molar-refractivity contribution in [3.8, 4) is 0 Å². The zero-order chi connectivity index (χ0) is 20.0. The lowest BCUT2D eigenvalue weighted by Crippen LogP contribution is -2.15. The van der Waals surface area contributed by atoms with Crippen LogP contribution in [0.1, 0.15) is 90.9 Å². The highest BCUT2D eigenvalue weighted by Crippen LogP contribution is 2.10. The predicted molar refractivity (Wildman–Crippen MR) is 108 cm³/mol. The van der Waals surface area contributed by atoms with Gasteiger partial charge in [0, 0.05) is 0 Å². The summed E-state index contributed by atoms with van der Waals surface area (Å²) < 4.78 is 0. The van der Waals surface area contributed by atoms with Gasteiger partial charge in [-0.25, -0.2) is 0 Å². The molecule has 0 aliphatic heterocycles. The third-order valence-corrected chi connectivity index (χ3v) is 4.19.